The van der Waals surface area contributed by atoms with Crippen LogP contribution in [0.3, 0.4) is 0 Å². The molecule has 0 spiro atoms. The maximum atomic E-state index is 13.1. The minimum atomic E-state index is -0.395. The zero-order valence-electron chi connectivity index (χ0n) is 14.4. The average molecular weight is 353 g/mol. The van der Waals surface area contributed by atoms with Crippen LogP contribution in [0.5, 0.6) is 5.75 Å². The van der Waals surface area contributed by atoms with Gasteiger partial charge in [0.05, 0.1) is 11.0 Å². The fourth-order valence-electron chi connectivity index (χ4n) is 3.33. The number of rotatable bonds is 4. The molecule has 1 aliphatic heterocycles. The van der Waals surface area contributed by atoms with Gasteiger partial charge in [-0.3, -0.25) is 4.79 Å². The number of aromatic nitrogens is 2. The molecule has 1 amide bonds. The summed E-state index contributed by atoms with van der Waals surface area (Å²) < 4.78 is 20.7. The first-order valence-electron chi connectivity index (χ1n) is 8.86. The number of hydrogen-bond acceptors (Lipinski definition) is 3. The number of aryl methyl sites for hydroxylation is 2. The summed E-state index contributed by atoms with van der Waals surface area (Å²) in [6, 6.07) is 11.5. The summed E-state index contributed by atoms with van der Waals surface area (Å²) in [7, 11) is 0. The van der Waals surface area contributed by atoms with Crippen LogP contribution in [0.25, 0.3) is 11.0 Å². The topological polar surface area (TPSA) is 56.1 Å². The highest BCUT2D eigenvalue weighted by molar-refractivity contribution is 5.94. The molecule has 0 unspecified atom stereocenters. The molecule has 26 heavy (non-hydrogen) atoms. The Balaban J connectivity index is 1.44. The number of amides is 1. The molecule has 3 aromatic rings. The number of ether oxygens (including phenoxy) is 1. The van der Waals surface area contributed by atoms with E-state index in [1.54, 1.807) is 12.1 Å². The van der Waals surface area contributed by atoms with Crippen molar-refractivity contribution in [1.29, 1.82) is 0 Å². The first kappa shape index (κ1) is 16.6. The van der Waals surface area contributed by atoms with Crippen molar-refractivity contribution < 1.29 is 13.9 Å². The standard InChI is InChI=1S/C20H20FN3O2/c21-14-5-4-6-16(11-14)26-13-20(25)22-15-8-9-18-17(12-15)23-19-7-2-1-3-10-24(18)19/h4-6,8-9,11-12H,1-3,7,10,13H2,(H,22,25). The van der Waals surface area contributed by atoms with E-state index in [1.807, 2.05) is 18.2 Å². The zero-order valence-corrected chi connectivity index (χ0v) is 14.4. The van der Waals surface area contributed by atoms with Crippen molar-refractivity contribution in [2.24, 2.45) is 0 Å². The fourth-order valence-corrected chi connectivity index (χ4v) is 3.33. The van der Waals surface area contributed by atoms with Crippen molar-refractivity contribution in [3.63, 3.8) is 0 Å². The predicted molar refractivity (Wildman–Crippen MR) is 97.8 cm³/mol. The van der Waals surface area contributed by atoms with Crippen LogP contribution in [0.4, 0.5) is 10.1 Å². The van der Waals surface area contributed by atoms with Crippen LogP contribution in [0, 0.1) is 5.82 Å². The Labute approximate surface area is 150 Å². The summed E-state index contributed by atoms with van der Waals surface area (Å²) in [5, 5.41) is 2.80. The number of nitrogens with one attached hydrogen (secondary N) is 1. The second kappa shape index (κ2) is 7.15. The molecular weight excluding hydrogens is 333 g/mol. The van der Waals surface area contributed by atoms with E-state index in [-0.39, 0.29) is 12.5 Å². The molecular formula is C20H20FN3O2. The van der Waals surface area contributed by atoms with E-state index in [0.29, 0.717) is 11.4 Å². The quantitative estimate of drug-likeness (QED) is 0.773. The third kappa shape index (κ3) is 3.54. The minimum absolute atomic E-state index is 0.179. The number of nitrogens with zero attached hydrogens (tertiary/aromatic N) is 2. The van der Waals surface area contributed by atoms with Crippen molar-refractivity contribution in [2.75, 3.05) is 11.9 Å². The fraction of sp³-hybridized carbons (Fsp3) is 0.300. The molecule has 0 bridgehead atoms. The lowest BCUT2D eigenvalue weighted by Gasteiger charge is -2.08. The molecule has 2 aromatic carbocycles. The Morgan fingerprint density at radius 1 is 1.19 bits per heavy atom. The predicted octanol–water partition coefficient (Wildman–Crippen LogP) is 3.92. The highest BCUT2D eigenvalue weighted by atomic mass is 19.1. The van der Waals surface area contributed by atoms with Crippen LogP contribution >= 0.6 is 0 Å². The second-order valence-electron chi connectivity index (χ2n) is 6.49. The lowest BCUT2D eigenvalue weighted by molar-refractivity contribution is -0.118. The van der Waals surface area contributed by atoms with E-state index in [4.69, 9.17) is 9.72 Å². The third-order valence-corrected chi connectivity index (χ3v) is 4.56. The van der Waals surface area contributed by atoms with Crippen LogP contribution < -0.4 is 10.1 Å². The Morgan fingerprint density at radius 3 is 3.00 bits per heavy atom. The molecule has 6 heteroatoms. The molecule has 0 saturated heterocycles. The normalized spacial score (nSPS) is 13.9. The van der Waals surface area contributed by atoms with Gasteiger partial charge in [-0.15, -0.1) is 0 Å². The molecule has 134 valence electrons. The average Bonchev–Trinajstić information content (AvgIpc) is 2.80. The molecule has 0 fully saturated rings. The van der Waals surface area contributed by atoms with E-state index < -0.39 is 5.82 Å². The van der Waals surface area contributed by atoms with Crippen molar-refractivity contribution in [2.45, 2.75) is 32.2 Å². The van der Waals surface area contributed by atoms with Crippen LogP contribution in [-0.2, 0) is 17.8 Å². The highest BCUT2D eigenvalue weighted by Gasteiger charge is 2.14. The summed E-state index contributed by atoms with van der Waals surface area (Å²) in [5.41, 5.74) is 2.68. The molecule has 0 aliphatic carbocycles. The van der Waals surface area contributed by atoms with Crippen LogP contribution in [0.1, 0.15) is 25.1 Å². The van der Waals surface area contributed by atoms with Gasteiger partial charge in [-0.2, -0.15) is 0 Å². The van der Waals surface area contributed by atoms with Gasteiger partial charge in [0.2, 0.25) is 0 Å². The molecule has 5 nitrogen and oxygen atoms in total. The van der Waals surface area contributed by atoms with Crippen molar-refractivity contribution in [3.05, 3.63) is 54.1 Å². The van der Waals surface area contributed by atoms with Crippen molar-refractivity contribution in [3.8, 4) is 5.75 Å². The number of imidazole rings is 1. The lowest BCUT2D eigenvalue weighted by atomic mass is 10.2. The van der Waals surface area contributed by atoms with Gasteiger partial charge in [0.15, 0.2) is 6.61 Å². The Morgan fingerprint density at radius 2 is 2.12 bits per heavy atom. The molecule has 1 aliphatic rings. The van der Waals surface area contributed by atoms with E-state index in [0.717, 1.165) is 29.8 Å². The molecule has 1 aromatic heterocycles. The van der Waals surface area contributed by atoms with Gasteiger partial charge < -0.3 is 14.6 Å². The van der Waals surface area contributed by atoms with Crippen LogP contribution in [0.15, 0.2) is 42.5 Å². The van der Waals surface area contributed by atoms with Gasteiger partial charge in [0, 0.05) is 24.7 Å². The SMILES string of the molecule is O=C(COc1cccc(F)c1)Nc1ccc2c(c1)nc1n2CCCCC1. The van der Waals surface area contributed by atoms with E-state index in [2.05, 4.69) is 9.88 Å². The molecule has 1 N–H and O–H groups in total. The Bertz CT molecular complexity index is 951. The number of anilines is 1. The summed E-state index contributed by atoms with van der Waals surface area (Å²) in [6.07, 6.45) is 4.58. The van der Waals surface area contributed by atoms with Gasteiger partial charge in [-0.1, -0.05) is 12.5 Å². The van der Waals surface area contributed by atoms with Gasteiger partial charge in [-0.05, 0) is 43.2 Å². The number of carbonyl (C=O) groups is 1. The largest absolute Gasteiger partial charge is 0.484 e. The Hall–Kier alpha value is -2.89. The molecule has 0 saturated carbocycles. The number of hydrogen-bond donors (Lipinski definition) is 1. The molecule has 2 heterocycles. The number of halogens is 1. The summed E-state index contributed by atoms with van der Waals surface area (Å²) in [6.45, 7) is 0.820. The number of carbonyl (C=O) groups excluding carboxylic acids is 1. The summed E-state index contributed by atoms with van der Waals surface area (Å²) in [4.78, 5) is 16.8. The van der Waals surface area contributed by atoms with Crippen molar-refractivity contribution >= 4 is 22.6 Å². The van der Waals surface area contributed by atoms with Crippen molar-refractivity contribution in [1.82, 2.24) is 9.55 Å². The van der Waals surface area contributed by atoms with Gasteiger partial charge in [-0.25, -0.2) is 9.37 Å². The smallest absolute Gasteiger partial charge is 0.262 e. The molecule has 0 atom stereocenters. The number of fused-ring (bicyclic) bond motifs is 3. The van der Waals surface area contributed by atoms with Crippen LogP contribution in [-0.4, -0.2) is 22.1 Å². The van der Waals surface area contributed by atoms with Gasteiger partial charge in [0.25, 0.3) is 5.91 Å². The monoisotopic (exact) mass is 353 g/mol. The Kier molecular flexibility index (Phi) is 4.56. The maximum Gasteiger partial charge on any atom is 0.262 e. The number of benzene rings is 2. The lowest BCUT2D eigenvalue weighted by Crippen LogP contribution is -2.20. The van der Waals surface area contributed by atoms with E-state index in [9.17, 15) is 9.18 Å². The molecule has 0 radical (unpaired) electrons. The summed E-state index contributed by atoms with van der Waals surface area (Å²) in [5.74, 6) is 0.756. The third-order valence-electron chi connectivity index (χ3n) is 4.56. The minimum Gasteiger partial charge on any atom is -0.484 e. The van der Waals surface area contributed by atoms with Crippen LogP contribution in [0.2, 0.25) is 0 Å². The van der Waals surface area contributed by atoms with E-state index >= 15 is 0 Å². The first-order valence-corrected chi connectivity index (χ1v) is 8.86. The summed E-state index contributed by atoms with van der Waals surface area (Å²) >= 11 is 0. The second-order valence-corrected chi connectivity index (χ2v) is 6.49. The first-order chi connectivity index (χ1) is 12.7. The maximum absolute atomic E-state index is 13.1. The zero-order chi connectivity index (χ0) is 17.9. The van der Waals surface area contributed by atoms with E-state index in [1.165, 1.54) is 31.4 Å². The highest BCUT2D eigenvalue weighted by Crippen LogP contribution is 2.24. The van der Waals surface area contributed by atoms with Gasteiger partial charge in [0.1, 0.15) is 17.4 Å². The van der Waals surface area contributed by atoms with Gasteiger partial charge >= 0.3 is 0 Å². The molecule has 4 rings (SSSR count).